The molecule has 0 saturated carbocycles. The summed E-state index contributed by atoms with van der Waals surface area (Å²) in [5, 5.41) is 2.71. The second kappa shape index (κ2) is 4.53. The van der Waals surface area contributed by atoms with Gasteiger partial charge in [0.2, 0.25) is 0 Å². The highest BCUT2D eigenvalue weighted by Gasteiger charge is 2.32. The molecule has 4 rings (SSSR count). The molecular formula is C17H10FNO3. The van der Waals surface area contributed by atoms with Crippen molar-refractivity contribution in [3.8, 4) is 0 Å². The fourth-order valence-corrected chi connectivity index (χ4v) is 2.83. The predicted octanol–water partition coefficient (Wildman–Crippen LogP) is 2.99. The molecule has 2 aromatic rings. The van der Waals surface area contributed by atoms with Crippen molar-refractivity contribution in [1.29, 1.82) is 0 Å². The molecule has 5 heteroatoms. The van der Waals surface area contributed by atoms with Crippen molar-refractivity contribution < 1.29 is 18.7 Å². The fourth-order valence-electron chi connectivity index (χ4n) is 2.83. The van der Waals surface area contributed by atoms with Crippen molar-refractivity contribution in [2.75, 3.05) is 5.32 Å². The van der Waals surface area contributed by atoms with Gasteiger partial charge in [-0.25, -0.2) is 4.39 Å². The van der Waals surface area contributed by atoms with Gasteiger partial charge in [0, 0.05) is 27.9 Å². The van der Waals surface area contributed by atoms with E-state index in [1.165, 1.54) is 18.2 Å². The maximum atomic E-state index is 13.5. The molecule has 2 aliphatic rings. The number of carbonyl (C=O) groups excluding carboxylic acids is 2. The van der Waals surface area contributed by atoms with Crippen LogP contribution < -0.4 is 5.32 Å². The van der Waals surface area contributed by atoms with E-state index < -0.39 is 5.82 Å². The second-order valence-corrected chi connectivity index (χ2v) is 5.17. The highest BCUT2D eigenvalue weighted by atomic mass is 19.1. The van der Waals surface area contributed by atoms with E-state index in [4.69, 9.17) is 4.74 Å². The average Bonchev–Trinajstić information content (AvgIpc) is 3.06. The van der Waals surface area contributed by atoms with Crippen LogP contribution in [0, 0.1) is 5.82 Å². The summed E-state index contributed by atoms with van der Waals surface area (Å²) in [4.78, 5) is 23.1. The molecule has 0 radical (unpaired) electrons. The van der Waals surface area contributed by atoms with Gasteiger partial charge in [0.25, 0.3) is 5.91 Å². The van der Waals surface area contributed by atoms with Gasteiger partial charge < -0.3 is 10.1 Å². The van der Waals surface area contributed by atoms with Crippen LogP contribution in [-0.4, -0.2) is 12.2 Å². The third-order valence-corrected chi connectivity index (χ3v) is 3.84. The lowest BCUT2D eigenvalue weighted by atomic mass is 9.99. The van der Waals surface area contributed by atoms with Gasteiger partial charge >= 0.3 is 0 Å². The normalized spacial score (nSPS) is 18.5. The molecule has 1 amide bonds. The number of ether oxygens (including phenoxy) is 1. The third-order valence-electron chi connectivity index (χ3n) is 3.84. The molecule has 0 bridgehead atoms. The summed E-state index contributed by atoms with van der Waals surface area (Å²) in [6.45, 7) is 0.285. The van der Waals surface area contributed by atoms with Crippen LogP contribution in [0.15, 0.2) is 36.4 Å². The number of hydrogen-bond acceptors (Lipinski definition) is 3. The Morgan fingerprint density at radius 2 is 2.00 bits per heavy atom. The largest absolute Gasteiger partial charge is 0.487 e. The van der Waals surface area contributed by atoms with Crippen molar-refractivity contribution in [1.82, 2.24) is 0 Å². The summed E-state index contributed by atoms with van der Waals surface area (Å²) in [5.41, 5.74) is 3.53. The number of fused-ring (bicyclic) bond motifs is 2. The first kappa shape index (κ1) is 12.8. The molecular weight excluding hydrogens is 285 g/mol. The van der Waals surface area contributed by atoms with E-state index in [1.807, 2.05) is 0 Å². The Kier molecular flexibility index (Phi) is 2.63. The summed E-state index contributed by atoms with van der Waals surface area (Å²) in [6.07, 6.45) is 0.762. The van der Waals surface area contributed by atoms with E-state index in [9.17, 15) is 14.0 Å². The van der Waals surface area contributed by atoms with Crippen LogP contribution in [0.4, 0.5) is 10.1 Å². The van der Waals surface area contributed by atoms with E-state index in [0.717, 1.165) is 17.4 Å². The zero-order chi connectivity index (χ0) is 15.3. The van der Waals surface area contributed by atoms with Crippen LogP contribution in [0.5, 0.6) is 0 Å². The molecule has 0 fully saturated rings. The van der Waals surface area contributed by atoms with E-state index >= 15 is 0 Å². The van der Waals surface area contributed by atoms with Crippen molar-refractivity contribution in [2.45, 2.75) is 6.61 Å². The van der Waals surface area contributed by atoms with Crippen LogP contribution in [0.2, 0.25) is 0 Å². The van der Waals surface area contributed by atoms with Gasteiger partial charge in [0.05, 0.1) is 5.57 Å². The summed E-state index contributed by atoms with van der Waals surface area (Å²) < 4.78 is 19.2. The Bertz CT molecular complexity index is 870. The summed E-state index contributed by atoms with van der Waals surface area (Å²) in [5.74, 6) is -0.305. The highest BCUT2D eigenvalue weighted by molar-refractivity contribution is 6.36. The summed E-state index contributed by atoms with van der Waals surface area (Å²) in [7, 11) is 0. The van der Waals surface area contributed by atoms with E-state index in [0.29, 0.717) is 28.1 Å². The molecule has 2 aromatic carbocycles. The lowest BCUT2D eigenvalue weighted by Gasteiger charge is -2.05. The molecule has 1 N–H and O–H groups in total. The third kappa shape index (κ3) is 1.75. The van der Waals surface area contributed by atoms with Crippen molar-refractivity contribution in [3.63, 3.8) is 0 Å². The number of carbonyl (C=O) groups is 2. The molecule has 108 valence electrons. The number of halogens is 1. The number of aldehydes is 1. The molecule has 22 heavy (non-hydrogen) atoms. The van der Waals surface area contributed by atoms with Crippen molar-refractivity contribution >= 4 is 29.2 Å². The minimum absolute atomic E-state index is 0.285. The number of amides is 1. The Labute approximate surface area is 125 Å². The quantitative estimate of drug-likeness (QED) is 0.650. The molecule has 2 aliphatic heterocycles. The first-order valence-electron chi connectivity index (χ1n) is 6.74. The molecule has 0 aromatic heterocycles. The van der Waals surface area contributed by atoms with Gasteiger partial charge in [-0.3, -0.25) is 9.59 Å². The molecule has 0 saturated heterocycles. The molecule has 4 nitrogen and oxygen atoms in total. The number of anilines is 1. The van der Waals surface area contributed by atoms with Crippen molar-refractivity contribution in [2.24, 2.45) is 0 Å². The Morgan fingerprint density at radius 1 is 1.14 bits per heavy atom. The SMILES string of the molecule is O=Cc1ccc2c(c1)CO/C2=C1/C(=O)Nc2ccc(F)cc21. The van der Waals surface area contributed by atoms with Crippen LogP contribution in [-0.2, 0) is 16.1 Å². The number of benzene rings is 2. The number of rotatable bonds is 1. The zero-order valence-corrected chi connectivity index (χ0v) is 11.4. The Hall–Kier alpha value is -2.95. The van der Waals surface area contributed by atoms with Gasteiger partial charge in [-0.05, 0) is 24.3 Å². The minimum Gasteiger partial charge on any atom is -0.487 e. The standard InChI is InChI=1S/C17H10FNO3/c18-11-2-4-14-13(6-11)15(17(21)19-14)16-12-3-1-9(7-20)5-10(12)8-22-16/h1-7H,8H2,(H,19,21)/b16-15+. The Balaban J connectivity index is 1.93. The number of nitrogens with one attached hydrogen (secondary N) is 1. The van der Waals surface area contributed by atoms with E-state index in [1.54, 1.807) is 18.2 Å². The fraction of sp³-hybridized carbons (Fsp3) is 0.0588. The van der Waals surface area contributed by atoms with Gasteiger partial charge in [-0.1, -0.05) is 12.1 Å². The van der Waals surface area contributed by atoms with Crippen LogP contribution in [0.1, 0.15) is 27.0 Å². The average molecular weight is 295 g/mol. The molecule has 2 heterocycles. The molecule has 0 aliphatic carbocycles. The first-order chi connectivity index (χ1) is 10.7. The van der Waals surface area contributed by atoms with Crippen LogP contribution >= 0.6 is 0 Å². The minimum atomic E-state index is -0.414. The van der Waals surface area contributed by atoms with Gasteiger partial charge in [-0.15, -0.1) is 0 Å². The molecule has 0 unspecified atom stereocenters. The monoisotopic (exact) mass is 295 g/mol. The van der Waals surface area contributed by atoms with Gasteiger partial charge in [-0.2, -0.15) is 0 Å². The lowest BCUT2D eigenvalue weighted by molar-refractivity contribution is -0.110. The van der Waals surface area contributed by atoms with Crippen molar-refractivity contribution in [3.05, 3.63) is 64.5 Å². The molecule has 0 spiro atoms. The van der Waals surface area contributed by atoms with Crippen LogP contribution in [0.25, 0.3) is 11.3 Å². The highest BCUT2D eigenvalue weighted by Crippen LogP contribution is 2.41. The molecule has 0 atom stereocenters. The van der Waals surface area contributed by atoms with Gasteiger partial charge in [0.15, 0.2) is 0 Å². The van der Waals surface area contributed by atoms with Crippen LogP contribution in [0.3, 0.4) is 0 Å². The Morgan fingerprint density at radius 3 is 2.82 bits per heavy atom. The first-order valence-corrected chi connectivity index (χ1v) is 6.74. The van der Waals surface area contributed by atoms with E-state index in [2.05, 4.69) is 5.32 Å². The topological polar surface area (TPSA) is 55.4 Å². The maximum Gasteiger partial charge on any atom is 0.260 e. The van der Waals surface area contributed by atoms with Gasteiger partial charge in [0.1, 0.15) is 24.5 Å². The maximum absolute atomic E-state index is 13.5. The lowest BCUT2D eigenvalue weighted by Crippen LogP contribution is -2.05. The summed E-state index contributed by atoms with van der Waals surface area (Å²) >= 11 is 0. The number of hydrogen-bond donors (Lipinski definition) is 1. The summed E-state index contributed by atoms with van der Waals surface area (Å²) in [6, 6.07) is 9.29. The predicted molar refractivity (Wildman–Crippen MR) is 78.5 cm³/mol. The van der Waals surface area contributed by atoms with E-state index in [-0.39, 0.29) is 12.5 Å². The second-order valence-electron chi connectivity index (χ2n) is 5.17. The smallest absolute Gasteiger partial charge is 0.260 e. The zero-order valence-electron chi connectivity index (χ0n) is 11.4.